The number of hydrogen-bond donors (Lipinski definition) is 2. The summed E-state index contributed by atoms with van der Waals surface area (Å²) < 4.78 is 16.4. The molecular formula is C21H25N7O3. The van der Waals surface area contributed by atoms with Crippen molar-refractivity contribution in [2.24, 2.45) is 0 Å². The molecule has 2 aromatic heterocycles. The summed E-state index contributed by atoms with van der Waals surface area (Å²) in [5.41, 5.74) is 2.31. The van der Waals surface area contributed by atoms with Crippen molar-refractivity contribution in [3.8, 4) is 11.5 Å². The molecule has 2 saturated heterocycles. The summed E-state index contributed by atoms with van der Waals surface area (Å²) in [4.78, 5) is 21.9. The summed E-state index contributed by atoms with van der Waals surface area (Å²) in [7, 11) is 0. The van der Waals surface area contributed by atoms with E-state index in [9.17, 15) is 0 Å². The highest BCUT2D eigenvalue weighted by Gasteiger charge is 2.27. The van der Waals surface area contributed by atoms with Gasteiger partial charge in [-0.1, -0.05) is 0 Å². The zero-order valence-corrected chi connectivity index (χ0v) is 17.2. The van der Waals surface area contributed by atoms with Gasteiger partial charge in [0.05, 0.1) is 19.5 Å². The number of piperidine rings is 1. The van der Waals surface area contributed by atoms with Gasteiger partial charge in [-0.05, 0) is 25.0 Å². The number of nitrogens with one attached hydrogen (secondary N) is 2. The Bertz CT molecular complexity index is 1070. The highest BCUT2D eigenvalue weighted by atomic mass is 16.7. The number of rotatable bonds is 4. The van der Waals surface area contributed by atoms with Gasteiger partial charge in [0.1, 0.15) is 5.52 Å². The molecule has 1 aromatic carbocycles. The van der Waals surface area contributed by atoms with Gasteiger partial charge >= 0.3 is 0 Å². The standard InChI is InChI=1S/C21H25N7O3/c1-2-16-17(31-13-30-16)11-14(1)24-20-18-19(23-12-22-18)25-21(26-20)28-5-3-15(4-6-28)27-7-9-29-10-8-27/h1-2,11-12,15H,3-10,13H2,(H2,22,23,24,25,26). The average Bonchev–Trinajstić information content (AvgIpc) is 3.49. The van der Waals surface area contributed by atoms with Crippen molar-refractivity contribution in [1.29, 1.82) is 0 Å². The molecule has 31 heavy (non-hydrogen) atoms. The smallest absolute Gasteiger partial charge is 0.231 e. The molecule has 0 spiro atoms. The van der Waals surface area contributed by atoms with Gasteiger partial charge in [-0.2, -0.15) is 9.97 Å². The molecular weight excluding hydrogens is 398 g/mol. The molecule has 10 nitrogen and oxygen atoms in total. The summed E-state index contributed by atoms with van der Waals surface area (Å²) in [5, 5.41) is 3.40. The predicted octanol–water partition coefficient (Wildman–Crippen LogP) is 2.13. The normalized spacial score (nSPS) is 19.8. The van der Waals surface area contributed by atoms with E-state index in [0.29, 0.717) is 23.5 Å². The fourth-order valence-corrected chi connectivity index (χ4v) is 4.54. The second-order valence-electron chi connectivity index (χ2n) is 8.03. The zero-order valence-electron chi connectivity index (χ0n) is 17.2. The van der Waals surface area contributed by atoms with Crippen LogP contribution in [-0.4, -0.2) is 77.1 Å². The van der Waals surface area contributed by atoms with Gasteiger partial charge in [0.25, 0.3) is 0 Å². The Morgan fingerprint density at radius 2 is 1.84 bits per heavy atom. The number of anilines is 3. The van der Waals surface area contributed by atoms with Crippen molar-refractivity contribution < 1.29 is 14.2 Å². The van der Waals surface area contributed by atoms with Crippen LogP contribution in [0.25, 0.3) is 11.2 Å². The van der Waals surface area contributed by atoms with Crippen LogP contribution in [-0.2, 0) is 4.74 Å². The summed E-state index contributed by atoms with van der Waals surface area (Å²) in [6, 6.07) is 6.37. The monoisotopic (exact) mass is 423 g/mol. The van der Waals surface area contributed by atoms with Gasteiger partial charge in [0.15, 0.2) is 23.0 Å². The average molecular weight is 423 g/mol. The van der Waals surface area contributed by atoms with Crippen LogP contribution in [0.5, 0.6) is 11.5 Å². The number of benzene rings is 1. The maximum Gasteiger partial charge on any atom is 0.231 e. The van der Waals surface area contributed by atoms with Crippen LogP contribution < -0.4 is 19.7 Å². The summed E-state index contributed by atoms with van der Waals surface area (Å²) in [5.74, 6) is 2.89. The maximum absolute atomic E-state index is 5.50. The van der Waals surface area contributed by atoms with E-state index in [0.717, 1.165) is 74.9 Å². The van der Waals surface area contributed by atoms with E-state index in [4.69, 9.17) is 24.2 Å². The maximum atomic E-state index is 5.50. The lowest BCUT2D eigenvalue weighted by Gasteiger charge is -2.40. The number of imidazole rings is 1. The Balaban J connectivity index is 1.22. The van der Waals surface area contributed by atoms with Gasteiger partial charge < -0.3 is 29.4 Å². The Hall–Kier alpha value is -3.11. The van der Waals surface area contributed by atoms with Crippen molar-refractivity contribution >= 4 is 28.6 Å². The van der Waals surface area contributed by atoms with Crippen LogP contribution in [0.4, 0.5) is 17.5 Å². The van der Waals surface area contributed by atoms with Crippen LogP contribution in [0, 0.1) is 0 Å². The number of fused-ring (bicyclic) bond motifs is 2. The number of nitrogens with zero attached hydrogens (tertiary/aromatic N) is 5. The van der Waals surface area contributed by atoms with E-state index in [1.165, 1.54) is 0 Å². The molecule has 5 heterocycles. The molecule has 0 bridgehead atoms. The zero-order chi connectivity index (χ0) is 20.6. The van der Waals surface area contributed by atoms with E-state index in [1.54, 1.807) is 6.33 Å². The molecule has 3 aliphatic heterocycles. The van der Waals surface area contributed by atoms with Gasteiger partial charge in [-0.3, -0.25) is 4.90 Å². The highest BCUT2D eigenvalue weighted by Crippen LogP contribution is 2.35. The molecule has 3 aliphatic rings. The molecule has 0 radical (unpaired) electrons. The fraction of sp³-hybridized carbons (Fsp3) is 0.476. The third-order valence-electron chi connectivity index (χ3n) is 6.22. The number of aromatic nitrogens is 4. The van der Waals surface area contributed by atoms with Crippen LogP contribution >= 0.6 is 0 Å². The molecule has 0 aliphatic carbocycles. The van der Waals surface area contributed by atoms with Crippen LogP contribution in [0.1, 0.15) is 12.8 Å². The molecule has 0 amide bonds. The number of morpholine rings is 1. The topological polar surface area (TPSA) is 101 Å². The predicted molar refractivity (Wildman–Crippen MR) is 115 cm³/mol. The lowest BCUT2D eigenvalue weighted by Crippen LogP contribution is -2.49. The molecule has 10 heteroatoms. The van der Waals surface area contributed by atoms with Crippen molar-refractivity contribution in [1.82, 2.24) is 24.8 Å². The molecule has 6 rings (SSSR count). The largest absolute Gasteiger partial charge is 0.454 e. The minimum Gasteiger partial charge on any atom is -0.454 e. The summed E-state index contributed by atoms with van der Waals surface area (Å²) in [6.07, 6.45) is 3.86. The second-order valence-corrected chi connectivity index (χ2v) is 8.03. The Kier molecular flexibility index (Phi) is 4.73. The van der Waals surface area contributed by atoms with Crippen LogP contribution in [0.2, 0.25) is 0 Å². The third-order valence-corrected chi connectivity index (χ3v) is 6.22. The van der Waals surface area contributed by atoms with E-state index in [-0.39, 0.29) is 6.79 Å². The molecule has 0 atom stereocenters. The van der Waals surface area contributed by atoms with Gasteiger partial charge in [0.2, 0.25) is 12.7 Å². The van der Waals surface area contributed by atoms with Gasteiger partial charge in [-0.25, -0.2) is 4.98 Å². The van der Waals surface area contributed by atoms with E-state index < -0.39 is 0 Å². The molecule has 0 unspecified atom stereocenters. The molecule has 2 fully saturated rings. The van der Waals surface area contributed by atoms with Gasteiger partial charge in [-0.15, -0.1) is 0 Å². The summed E-state index contributed by atoms with van der Waals surface area (Å²) in [6.45, 7) is 5.86. The number of aromatic amines is 1. The first kappa shape index (κ1) is 18.6. The molecule has 162 valence electrons. The molecule has 0 saturated carbocycles. The van der Waals surface area contributed by atoms with Crippen molar-refractivity contribution in [3.63, 3.8) is 0 Å². The highest BCUT2D eigenvalue weighted by molar-refractivity contribution is 5.86. The minimum absolute atomic E-state index is 0.252. The minimum atomic E-state index is 0.252. The lowest BCUT2D eigenvalue weighted by molar-refractivity contribution is 0.0114. The van der Waals surface area contributed by atoms with Crippen molar-refractivity contribution in [2.45, 2.75) is 18.9 Å². The first-order valence-corrected chi connectivity index (χ1v) is 10.8. The lowest BCUT2D eigenvalue weighted by atomic mass is 10.0. The van der Waals surface area contributed by atoms with E-state index >= 15 is 0 Å². The van der Waals surface area contributed by atoms with Crippen LogP contribution in [0.3, 0.4) is 0 Å². The van der Waals surface area contributed by atoms with E-state index in [1.807, 2.05) is 18.2 Å². The van der Waals surface area contributed by atoms with Gasteiger partial charge in [0, 0.05) is 44.0 Å². The van der Waals surface area contributed by atoms with Crippen molar-refractivity contribution in [3.05, 3.63) is 24.5 Å². The fourth-order valence-electron chi connectivity index (χ4n) is 4.54. The molecule has 2 N–H and O–H groups in total. The number of hydrogen-bond acceptors (Lipinski definition) is 9. The molecule has 3 aromatic rings. The Labute approximate surface area is 179 Å². The van der Waals surface area contributed by atoms with E-state index in [2.05, 4.69) is 25.1 Å². The first-order valence-electron chi connectivity index (χ1n) is 10.8. The number of ether oxygens (including phenoxy) is 3. The second kappa shape index (κ2) is 7.86. The van der Waals surface area contributed by atoms with Crippen LogP contribution in [0.15, 0.2) is 24.5 Å². The Morgan fingerprint density at radius 1 is 1.00 bits per heavy atom. The third kappa shape index (κ3) is 3.61. The summed E-state index contributed by atoms with van der Waals surface area (Å²) >= 11 is 0. The van der Waals surface area contributed by atoms with Crippen molar-refractivity contribution in [2.75, 3.05) is 56.4 Å². The number of H-pyrrole nitrogens is 1. The SMILES string of the molecule is c1nc2nc(N3CCC(N4CCOCC4)CC3)nc(Nc3ccc4c(c3)OCO4)c2[nH]1. The quantitative estimate of drug-likeness (QED) is 0.653. The Morgan fingerprint density at radius 3 is 2.71 bits per heavy atom. The first-order chi connectivity index (χ1) is 15.3.